The van der Waals surface area contributed by atoms with Gasteiger partial charge in [-0.25, -0.2) is 13.4 Å². The highest BCUT2D eigenvalue weighted by molar-refractivity contribution is 7.92. The van der Waals surface area contributed by atoms with E-state index in [9.17, 15) is 8.42 Å². The number of rotatable bonds is 7. The molecule has 1 aromatic heterocycles. The molecule has 0 atom stereocenters. The van der Waals surface area contributed by atoms with Gasteiger partial charge in [-0.05, 0) is 61.0 Å². The minimum atomic E-state index is -3.70. The number of fused-ring (bicyclic) bond motifs is 1. The second kappa shape index (κ2) is 8.61. The van der Waals surface area contributed by atoms with Gasteiger partial charge in [0, 0.05) is 29.7 Å². The maximum Gasteiger partial charge on any atom is 0.261 e. The Hall–Kier alpha value is -3.65. The van der Waals surface area contributed by atoms with Crippen LogP contribution < -0.4 is 15.4 Å². The molecule has 31 heavy (non-hydrogen) atoms. The van der Waals surface area contributed by atoms with Gasteiger partial charge < -0.3 is 10.6 Å². The molecule has 0 unspecified atom stereocenters. The number of sulfonamides is 1. The molecule has 3 N–H and O–H groups in total. The van der Waals surface area contributed by atoms with Crippen LogP contribution in [0, 0.1) is 6.92 Å². The van der Waals surface area contributed by atoms with Crippen molar-refractivity contribution >= 4 is 43.9 Å². The summed E-state index contributed by atoms with van der Waals surface area (Å²) in [7, 11) is -3.70. The van der Waals surface area contributed by atoms with Crippen molar-refractivity contribution in [3.63, 3.8) is 0 Å². The Labute approximate surface area is 181 Å². The maximum atomic E-state index is 12.8. The highest BCUT2D eigenvalue weighted by Crippen LogP contribution is 2.23. The molecule has 8 heteroatoms. The SMILES string of the molecule is CCNc1cc(C)nc(Nc2ccc(NS(=O)(=O)c3ccc4ccccc4c3)cc2)n1. The molecule has 0 spiro atoms. The Morgan fingerprint density at radius 3 is 2.29 bits per heavy atom. The van der Waals surface area contributed by atoms with Crippen molar-refractivity contribution < 1.29 is 8.42 Å². The molecule has 4 aromatic rings. The molecule has 1 heterocycles. The predicted molar refractivity (Wildman–Crippen MR) is 125 cm³/mol. The van der Waals surface area contributed by atoms with Crippen LogP contribution in [-0.4, -0.2) is 24.9 Å². The van der Waals surface area contributed by atoms with E-state index in [4.69, 9.17) is 0 Å². The summed E-state index contributed by atoms with van der Waals surface area (Å²) in [6.45, 7) is 4.67. The minimum absolute atomic E-state index is 0.220. The van der Waals surface area contributed by atoms with E-state index in [1.807, 2.05) is 44.2 Å². The first-order valence-corrected chi connectivity index (χ1v) is 11.4. The molecule has 3 aromatic carbocycles. The first kappa shape index (κ1) is 20.6. The van der Waals surface area contributed by atoms with E-state index in [1.165, 1.54) is 0 Å². The molecule has 7 nitrogen and oxygen atoms in total. The number of benzene rings is 3. The van der Waals surface area contributed by atoms with Gasteiger partial charge in [0.15, 0.2) is 0 Å². The number of hydrogen-bond donors (Lipinski definition) is 3. The molecule has 158 valence electrons. The van der Waals surface area contributed by atoms with Crippen molar-refractivity contribution in [1.29, 1.82) is 0 Å². The van der Waals surface area contributed by atoms with Gasteiger partial charge >= 0.3 is 0 Å². The summed E-state index contributed by atoms with van der Waals surface area (Å²) in [4.78, 5) is 9.02. The van der Waals surface area contributed by atoms with Crippen LogP contribution in [0.3, 0.4) is 0 Å². The number of anilines is 4. The van der Waals surface area contributed by atoms with Crippen molar-refractivity contribution in [2.45, 2.75) is 18.7 Å². The van der Waals surface area contributed by atoms with Crippen molar-refractivity contribution in [3.8, 4) is 0 Å². The van der Waals surface area contributed by atoms with Gasteiger partial charge in [-0.2, -0.15) is 4.98 Å². The molecule has 0 aliphatic carbocycles. The molecule has 0 aliphatic heterocycles. The zero-order chi connectivity index (χ0) is 21.8. The monoisotopic (exact) mass is 433 g/mol. The Kier molecular flexibility index (Phi) is 5.73. The fourth-order valence-corrected chi connectivity index (χ4v) is 4.29. The lowest BCUT2D eigenvalue weighted by Crippen LogP contribution is -2.12. The van der Waals surface area contributed by atoms with Gasteiger partial charge in [0.05, 0.1) is 4.90 Å². The zero-order valence-corrected chi connectivity index (χ0v) is 18.1. The standard InChI is InChI=1S/C23H23N5O2S/c1-3-24-22-14-16(2)25-23(27-22)26-19-9-11-20(12-10-19)28-31(29,30)21-13-8-17-6-4-5-7-18(17)15-21/h4-15,28H,3H2,1-2H3,(H2,24,25,26,27). The third-order valence-electron chi connectivity index (χ3n) is 4.64. The molecule has 0 bridgehead atoms. The Balaban J connectivity index is 1.50. The average molecular weight is 434 g/mol. The third kappa shape index (κ3) is 4.92. The molecular formula is C23H23N5O2S. The van der Waals surface area contributed by atoms with Crippen LogP contribution in [-0.2, 0) is 10.0 Å². The van der Waals surface area contributed by atoms with Crippen LogP contribution in [0.5, 0.6) is 0 Å². The molecule has 0 amide bonds. The van der Waals surface area contributed by atoms with E-state index in [0.717, 1.165) is 34.5 Å². The Morgan fingerprint density at radius 2 is 1.55 bits per heavy atom. The zero-order valence-electron chi connectivity index (χ0n) is 17.3. The van der Waals surface area contributed by atoms with E-state index in [0.29, 0.717) is 11.6 Å². The first-order valence-electron chi connectivity index (χ1n) is 9.91. The van der Waals surface area contributed by atoms with E-state index in [2.05, 4.69) is 25.3 Å². The van der Waals surface area contributed by atoms with Crippen LogP contribution >= 0.6 is 0 Å². The summed E-state index contributed by atoms with van der Waals surface area (Å²) in [5.41, 5.74) is 2.06. The van der Waals surface area contributed by atoms with Crippen LogP contribution in [0.15, 0.2) is 77.7 Å². The average Bonchev–Trinajstić information content (AvgIpc) is 2.74. The molecule has 0 fully saturated rings. The fraction of sp³-hybridized carbons (Fsp3) is 0.130. The quantitative estimate of drug-likeness (QED) is 0.383. The second-order valence-corrected chi connectivity index (χ2v) is 8.75. The third-order valence-corrected chi connectivity index (χ3v) is 6.02. The van der Waals surface area contributed by atoms with Gasteiger partial charge in [0.2, 0.25) is 5.95 Å². The van der Waals surface area contributed by atoms with Crippen LogP contribution in [0.1, 0.15) is 12.6 Å². The van der Waals surface area contributed by atoms with Gasteiger partial charge in [0.25, 0.3) is 10.0 Å². The van der Waals surface area contributed by atoms with Gasteiger partial charge in [-0.15, -0.1) is 0 Å². The molecule has 0 radical (unpaired) electrons. The van der Waals surface area contributed by atoms with E-state index in [-0.39, 0.29) is 4.90 Å². The minimum Gasteiger partial charge on any atom is -0.370 e. The van der Waals surface area contributed by atoms with E-state index < -0.39 is 10.0 Å². The lowest BCUT2D eigenvalue weighted by Gasteiger charge is -2.11. The Bertz CT molecular complexity index is 1320. The van der Waals surface area contributed by atoms with Crippen LogP contribution in [0.2, 0.25) is 0 Å². The van der Waals surface area contributed by atoms with E-state index >= 15 is 0 Å². The summed E-state index contributed by atoms with van der Waals surface area (Å²) in [6, 6.07) is 21.6. The number of nitrogens with one attached hydrogen (secondary N) is 3. The fourth-order valence-electron chi connectivity index (χ4n) is 3.20. The predicted octanol–water partition coefficient (Wildman–Crippen LogP) is 4.91. The summed E-state index contributed by atoms with van der Waals surface area (Å²) >= 11 is 0. The summed E-state index contributed by atoms with van der Waals surface area (Å²) in [6.07, 6.45) is 0. The lowest BCUT2D eigenvalue weighted by molar-refractivity contribution is 0.601. The van der Waals surface area contributed by atoms with Gasteiger partial charge in [0.1, 0.15) is 5.82 Å². The summed E-state index contributed by atoms with van der Waals surface area (Å²) < 4.78 is 28.2. The number of nitrogens with zero attached hydrogens (tertiary/aromatic N) is 2. The number of aryl methyl sites for hydroxylation is 1. The van der Waals surface area contributed by atoms with Crippen molar-refractivity contribution in [2.24, 2.45) is 0 Å². The number of aromatic nitrogens is 2. The highest BCUT2D eigenvalue weighted by Gasteiger charge is 2.14. The molecule has 0 saturated heterocycles. The smallest absolute Gasteiger partial charge is 0.261 e. The first-order chi connectivity index (χ1) is 14.9. The van der Waals surface area contributed by atoms with Crippen LogP contribution in [0.25, 0.3) is 10.8 Å². The summed E-state index contributed by atoms with van der Waals surface area (Å²) in [5.74, 6) is 1.22. The lowest BCUT2D eigenvalue weighted by atomic mass is 10.1. The Morgan fingerprint density at radius 1 is 0.839 bits per heavy atom. The summed E-state index contributed by atoms with van der Waals surface area (Å²) in [5, 5.41) is 8.18. The normalized spacial score (nSPS) is 11.3. The molecular weight excluding hydrogens is 410 g/mol. The molecule has 0 saturated carbocycles. The highest BCUT2D eigenvalue weighted by atomic mass is 32.2. The van der Waals surface area contributed by atoms with Crippen molar-refractivity contribution in [1.82, 2.24) is 9.97 Å². The molecule has 0 aliphatic rings. The van der Waals surface area contributed by atoms with E-state index in [1.54, 1.807) is 42.5 Å². The van der Waals surface area contributed by atoms with Gasteiger partial charge in [-0.3, -0.25) is 4.72 Å². The van der Waals surface area contributed by atoms with Crippen LogP contribution in [0.4, 0.5) is 23.1 Å². The second-order valence-electron chi connectivity index (χ2n) is 7.07. The molecule has 4 rings (SSSR count). The maximum absolute atomic E-state index is 12.8. The topological polar surface area (TPSA) is 96.0 Å². The van der Waals surface area contributed by atoms with Crippen molar-refractivity contribution in [2.75, 3.05) is 21.9 Å². The van der Waals surface area contributed by atoms with Gasteiger partial charge in [-0.1, -0.05) is 30.3 Å². The number of hydrogen-bond acceptors (Lipinski definition) is 6. The van der Waals surface area contributed by atoms with Crippen molar-refractivity contribution in [3.05, 3.63) is 78.5 Å². The largest absolute Gasteiger partial charge is 0.370 e.